The molecule has 136 valence electrons. The van der Waals surface area contributed by atoms with Crippen LogP contribution in [0.2, 0.25) is 0 Å². The number of nitrogens with zero attached hydrogens (tertiary/aromatic N) is 4. The Labute approximate surface area is 159 Å². The van der Waals surface area contributed by atoms with Crippen molar-refractivity contribution < 1.29 is 9.21 Å². The number of amides is 1. The highest BCUT2D eigenvalue weighted by Crippen LogP contribution is 2.29. The number of furan rings is 1. The summed E-state index contributed by atoms with van der Waals surface area (Å²) in [7, 11) is 0. The van der Waals surface area contributed by atoms with E-state index in [2.05, 4.69) is 20.3 Å². The minimum atomic E-state index is -0.152. The first-order valence-electron chi connectivity index (χ1n) is 8.36. The number of aryl methyl sites for hydroxylation is 2. The number of imidazole rings is 1. The number of rotatable bonds is 5. The van der Waals surface area contributed by atoms with E-state index in [1.165, 1.54) is 11.3 Å². The molecule has 7 nitrogen and oxygen atoms in total. The Hall–Kier alpha value is -3.26. The Balaban J connectivity index is 1.47. The van der Waals surface area contributed by atoms with Gasteiger partial charge in [0, 0.05) is 25.1 Å². The lowest BCUT2D eigenvalue weighted by atomic mass is 10.2. The SMILES string of the molecule is Cc1ccc(-c2nc(C)c(C(=O)NCc3ccnc(-n4ccnc4)c3)s2)o1. The van der Waals surface area contributed by atoms with E-state index in [4.69, 9.17) is 4.42 Å². The predicted octanol–water partition coefficient (Wildman–Crippen LogP) is 3.53. The summed E-state index contributed by atoms with van der Waals surface area (Å²) in [5.74, 6) is 2.10. The molecule has 4 rings (SSSR count). The fourth-order valence-electron chi connectivity index (χ4n) is 2.63. The molecule has 0 aliphatic rings. The summed E-state index contributed by atoms with van der Waals surface area (Å²) in [6.45, 7) is 4.11. The van der Waals surface area contributed by atoms with Crippen molar-refractivity contribution in [2.45, 2.75) is 20.4 Å². The van der Waals surface area contributed by atoms with E-state index in [1.807, 2.05) is 48.9 Å². The van der Waals surface area contributed by atoms with Gasteiger partial charge < -0.3 is 9.73 Å². The van der Waals surface area contributed by atoms with Gasteiger partial charge in [-0.25, -0.2) is 15.0 Å². The molecule has 0 bridgehead atoms. The van der Waals surface area contributed by atoms with E-state index >= 15 is 0 Å². The Morgan fingerprint density at radius 2 is 2.15 bits per heavy atom. The fourth-order valence-corrected chi connectivity index (χ4v) is 3.58. The summed E-state index contributed by atoms with van der Waals surface area (Å²) >= 11 is 1.33. The maximum absolute atomic E-state index is 12.6. The second kappa shape index (κ2) is 7.16. The smallest absolute Gasteiger partial charge is 0.263 e. The predicted molar refractivity (Wildman–Crippen MR) is 102 cm³/mol. The molecule has 0 spiro atoms. The number of pyridine rings is 1. The molecule has 1 amide bonds. The highest BCUT2D eigenvalue weighted by Gasteiger charge is 2.17. The topological polar surface area (TPSA) is 85.8 Å². The van der Waals surface area contributed by atoms with Crippen LogP contribution in [-0.4, -0.2) is 25.4 Å². The first kappa shape index (κ1) is 17.2. The maximum atomic E-state index is 12.6. The van der Waals surface area contributed by atoms with Crippen LogP contribution in [0.4, 0.5) is 0 Å². The number of carbonyl (C=O) groups excluding carboxylic acids is 1. The molecule has 0 saturated heterocycles. The van der Waals surface area contributed by atoms with Gasteiger partial charge in [-0.2, -0.15) is 0 Å². The van der Waals surface area contributed by atoms with Crippen LogP contribution in [-0.2, 0) is 6.54 Å². The second-order valence-electron chi connectivity index (χ2n) is 6.02. The quantitative estimate of drug-likeness (QED) is 0.573. The van der Waals surface area contributed by atoms with Crippen molar-refractivity contribution in [3.05, 3.63) is 71.1 Å². The summed E-state index contributed by atoms with van der Waals surface area (Å²) in [4.78, 5) is 26.0. The van der Waals surface area contributed by atoms with Gasteiger partial charge in [0.25, 0.3) is 5.91 Å². The number of carbonyl (C=O) groups is 1. The number of hydrogen-bond donors (Lipinski definition) is 1. The van der Waals surface area contributed by atoms with Crippen molar-refractivity contribution in [2.24, 2.45) is 0 Å². The molecule has 1 N–H and O–H groups in total. The molecular weight excluding hydrogens is 362 g/mol. The standard InChI is InChI=1S/C19H17N5O2S/c1-12-3-4-15(26-12)19-23-13(2)17(27-19)18(25)22-10-14-5-6-21-16(9-14)24-8-7-20-11-24/h3-9,11H,10H2,1-2H3,(H,22,25). The molecule has 0 unspecified atom stereocenters. The maximum Gasteiger partial charge on any atom is 0.263 e. The Morgan fingerprint density at radius 3 is 2.89 bits per heavy atom. The molecule has 0 atom stereocenters. The third-order valence-electron chi connectivity index (χ3n) is 3.99. The zero-order chi connectivity index (χ0) is 18.8. The van der Waals surface area contributed by atoms with Gasteiger partial charge in [-0.15, -0.1) is 11.3 Å². The third kappa shape index (κ3) is 3.65. The van der Waals surface area contributed by atoms with Gasteiger partial charge in [0.1, 0.15) is 22.8 Å². The number of thiazole rings is 1. The van der Waals surface area contributed by atoms with Crippen LogP contribution in [0.25, 0.3) is 16.6 Å². The van der Waals surface area contributed by atoms with E-state index in [9.17, 15) is 4.79 Å². The van der Waals surface area contributed by atoms with Crippen molar-refractivity contribution in [1.82, 2.24) is 24.8 Å². The molecule has 0 fully saturated rings. The molecule has 0 aromatic carbocycles. The molecule has 0 saturated carbocycles. The van der Waals surface area contributed by atoms with Crippen LogP contribution in [0.15, 0.2) is 53.6 Å². The van der Waals surface area contributed by atoms with Crippen LogP contribution in [0.3, 0.4) is 0 Å². The molecule has 4 aromatic heterocycles. The van der Waals surface area contributed by atoms with E-state index < -0.39 is 0 Å². The van der Waals surface area contributed by atoms with Crippen molar-refractivity contribution in [3.63, 3.8) is 0 Å². The van der Waals surface area contributed by atoms with Gasteiger partial charge in [-0.1, -0.05) is 0 Å². The number of hydrogen-bond acceptors (Lipinski definition) is 6. The second-order valence-corrected chi connectivity index (χ2v) is 7.02. The minimum absolute atomic E-state index is 0.152. The van der Waals surface area contributed by atoms with Gasteiger partial charge in [0.15, 0.2) is 10.8 Å². The van der Waals surface area contributed by atoms with Crippen LogP contribution < -0.4 is 5.32 Å². The van der Waals surface area contributed by atoms with E-state index in [1.54, 1.807) is 18.7 Å². The highest BCUT2D eigenvalue weighted by atomic mass is 32.1. The lowest BCUT2D eigenvalue weighted by Gasteiger charge is -2.06. The van der Waals surface area contributed by atoms with Crippen molar-refractivity contribution >= 4 is 17.2 Å². The average Bonchev–Trinajstić information content (AvgIpc) is 3.41. The van der Waals surface area contributed by atoms with Crippen molar-refractivity contribution in [1.29, 1.82) is 0 Å². The Bertz CT molecular complexity index is 1080. The summed E-state index contributed by atoms with van der Waals surface area (Å²) in [5.41, 5.74) is 1.64. The first-order chi connectivity index (χ1) is 13.1. The molecule has 4 aromatic rings. The van der Waals surface area contributed by atoms with Gasteiger partial charge in [-0.3, -0.25) is 9.36 Å². The molecular formula is C19H17N5O2S. The van der Waals surface area contributed by atoms with Crippen LogP contribution >= 0.6 is 11.3 Å². The molecule has 27 heavy (non-hydrogen) atoms. The van der Waals surface area contributed by atoms with E-state index in [-0.39, 0.29) is 5.91 Å². The first-order valence-corrected chi connectivity index (χ1v) is 9.17. The molecule has 0 aliphatic carbocycles. The van der Waals surface area contributed by atoms with Crippen LogP contribution in [0.1, 0.15) is 26.7 Å². The minimum Gasteiger partial charge on any atom is -0.459 e. The fraction of sp³-hybridized carbons (Fsp3) is 0.158. The molecule has 0 aliphatic heterocycles. The summed E-state index contributed by atoms with van der Waals surface area (Å²) in [6, 6.07) is 7.53. The largest absolute Gasteiger partial charge is 0.459 e. The van der Waals surface area contributed by atoms with E-state index in [0.717, 1.165) is 17.1 Å². The molecule has 4 heterocycles. The van der Waals surface area contributed by atoms with Crippen molar-refractivity contribution in [2.75, 3.05) is 0 Å². The zero-order valence-corrected chi connectivity index (χ0v) is 15.7. The van der Waals surface area contributed by atoms with Gasteiger partial charge in [-0.05, 0) is 43.7 Å². The Kier molecular flexibility index (Phi) is 4.55. The monoisotopic (exact) mass is 379 g/mol. The van der Waals surface area contributed by atoms with Crippen molar-refractivity contribution in [3.8, 4) is 16.6 Å². The lowest BCUT2D eigenvalue weighted by molar-refractivity contribution is 0.0954. The van der Waals surface area contributed by atoms with Gasteiger partial charge >= 0.3 is 0 Å². The number of nitrogens with one attached hydrogen (secondary N) is 1. The summed E-state index contributed by atoms with van der Waals surface area (Å²) < 4.78 is 7.41. The van der Waals surface area contributed by atoms with Gasteiger partial charge in [0.2, 0.25) is 0 Å². The van der Waals surface area contributed by atoms with E-state index in [0.29, 0.717) is 27.9 Å². The Morgan fingerprint density at radius 1 is 1.26 bits per heavy atom. The summed E-state index contributed by atoms with van der Waals surface area (Å²) in [6.07, 6.45) is 6.92. The summed E-state index contributed by atoms with van der Waals surface area (Å²) in [5, 5.41) is 3.65. The van der Waals surface area contributed by atoms with Crippen LogP contribution in [0.5, 0.6) is 0 Å². The lowest BCUT2D eigenvalue weighted by Crippen LogP contribution is -2.22. The average molecular weight is 379 g/mol. The van der Waals surface area contributed by atoms with Gasteiger partial charge in [0.05, 0.1) is 5.69 Å². The molecule has 0 radical (unpaired) electrons. The zero-order valence-electron chi connectivity index (χ0n) is 14.8. The third-order valence-corrected chi connectivity index (χ3v) is 5.16. The molecule has 8 heteroatoms. The normalized spacial score (nSPS) is 10.9. The number of aromatic nitrogens is 4. The van der Waals surface area contributed by atoms with Crippen LogP contribution in [0, 0.1) is 13.8 Å². The highest BCUT2D eigenvalue weighted by molar-refractivity contribution is 7.17.